The van der Waals surface area contributed by atoms with Crippen molar-refractivity contribution in [2.75, 3.05) is 0 Å². The Balaban J connectivity index is 2.84. The second-order valence-corrected chi connectivity index (χ2v) is 4.00. The Morgan fingerprint density at radius 1 is 1.16 bits per heavy atom. The fourth-order valence-electron chi connectivity index (χ4n) is 1.22. The Kier molecular flexibility index (Phi) is 5.63. The van der Waals surface area contributed by atoms with Crippen molar-refractivity contribution in [3.63, 3.8) is 0 Å². The minimum atomic E-state index is -0.654. The van der Waals surface area contributed by atoms with Crippen LogP contribution in [0.15, 0.2) is 48.6 Å². The average Bonchev–Trinajstić information content (AvgIpc) is 2.32. The van der Waals surface area contributed by atoms with Gasteiger partial charge >= 0.3 is 0 Å². The lowest BCUT2D eigenvalue weighted by molar-refractivity contribution is -0.114. The van der Waals surface area contributed by atoms with E-state index in [1.165, 1.54) is 12.2 Å². The number of benzene rings is 1. The predicted octanol–water partition coefficient (Wildman–Crippen LogP) is 1.17. The van der Waals surface area contributed by atoms with E-state index < -0.39 is 17.9 Å². The number of nitrogens with two attached hydrogens (primary N) is 2. The molecule has 0 bridgehead atoms. The maximum absolute atomic E-state index is 10.7. The van der Waals surface area contributed by atoms with E-state index in [0.29, 0.717) is 10.8 Å². The van der Waals surface area contributed by atoms with Crippen LogP contribution in [0.5, 0.6) is 5.75 Å². The molecule has 0 aliphatic carbocycles. The molecule has 1 rings (SSSR count). The Morgan fingerprint density at radius 2 is 1.74 bits per heavy atom. The van der Waals surface area contributed by atoms with Crippen molar-refractivity contribution in [3.8, 4) is 5.75 Å². The number of halogens is 1. The zero-order valence-electron chi connectivity index (χ0n) is 9.95. The fourth-order valence-corrected chi connectivity index (χ4v) is 1.40. The summed E-state index contributed by atoms with van der Waals surface area (Å²) in [5.41, 5.74) is 9.99. The molecule has 1 unspecified atom stereocenters. The van der Waals surface area contributed by atoms with E-state index in [9.17, 15) is 9.59 Å². The number of carbonyl (C=O) groups excluding carboxylic acids is 2. The molecule has 2 amide bonds. The van der Waals surface area contributed by atoms with E-state index in [4.69, 9.17) is 27.8 Å². The number of rotatable bonds is 6. The first kappa shape index (κ1) is 14.8. The summed E-state index contributed by atoms with van der Waals surface area (Å²) in [5.74, 6) is -0.750. The van der Waals surface area contributed by atoms with E-state index >= 15 is 0 Å². The number of primary amides is 2. The van der Waals surface area contributed by atoms with E-state index in [-0.39, 0.29) is 0 Å². The highest BCUT2D eigenvalue weighted by Gasteiger charge is 2.04. The summed E-state index contributed by atoms with van der Waals surface area (Å²) in [6, 6.07) is 6.70. The van der Waals surface area contributed by atoms with Crippen LogP contribution in [0.2, 0.25) is 5.02 Å². The Bertz CT molecular complexity index is 502. The van der Waals surface area contributed by atoms with Gasteiger partial charge in [-0.3, -0.25) is 9.59 Å². The average molecular weight is 281 g/mol. The van der Waals surface area contributed by atoms with Gasteiger partial charge < -0.3 is 16.2 Å². The van der Waals surface area contributed by atoms with Crippen LogP contribution in [0.1, 0.15) is 0 Å². The molecular weight excluding hydrogens is 268 g/mol. The number of amides is 2. The van der Waals surface area contributed by atoms with Crippen molar-refractivity contribution in [1.29, 1.82) is 0 Å². The maximum atomic E-state index is 10.7. The van der Waals surface area contributed by atoms with E-state index in [2.05, 4.69) is 0 Å². The van der Waals surface area contributed by atoms with Gasteiger partial charge in [-0.05, 0) is 30.4 Å². The molecule has 100 valence electrons. The monoisotopic (exact) mass is 280 g/mol. The topological polar surface area (TPSA) is 95.4 Å². The number of carbonyl (C=O) groups is 2. The SMILES string of the molecule is NC(=O)/C=C\C(/C=C/C(N)=O)Oc1cccc(Cl)c1. The molecule has 1 aromatic carbocycles. The van der Waals surface area contributed by atoms with Gasteiger partial charge in [-0.25, -0.2) is 0 Å². The largest absolute Gasteiger partial charge is 0.482 e. The van der Waals surface area contributed by atoms with Gasteiger partial charge in [0.05, 0.1) is 0 Å². The van der Waals surface area contributed by atoms with Crippen LogP contribution in [0.4, 0.5) is 0 Å². The van der Waals surface area contributed by atoms with Gasteiger partial charge in [0.2, 0.25) is 11.8 Å². The van der Waals surface area contributed by atoms with Crippen molar-refractivity contribution in [2.45, 2.75) is 6.10 Å². The molecule has 0 aromatic heterocycles. The van der Waals surface area contributed by atoms with Crippen molar-refractivity contribution in [1.82, 2.24) is 0 Å². The zero-order chi connectivity index (χ0) is 14.3. The maximum Gasteiger partial charge on any atom is 0.241 e. The van der Waals surface area contributed by atoms with Gasteiger partial charge in [0.1, 0.15) is 11.9 Å². The van der Waals surface area contributed by atoms with Crippen molar-refractivity contribution < 1.29 is 14.3 Å². The first-order valence-corrected chi connectivity index (χ1v) is 5.72. The Hall–Kier alpha value is -2.27. The van der Waals surface area contributed by atoms with Crippen LogP contribution < -0.4 is 16.2 Å². The van der Waals surface area contributed by atoms with E-state index in [1.54, 1.807) is 24.3 Å². The molecule has 4 N–H and O–H groups in total. The third kappa shape index (κ3) is 6.28. The Morgan fingerprint density at radius 3 is 2.21 bits per heavy atom. The summed E-state index contributed by atoms with van der Waals surface area (Å²) in [5, 5.41) is 0.508. The van der Waals surface area contributed by atoms with Gasteiger partial charge in [-0.1, -0.05) is 17.7 Å². The summed E-state index contributed by atoms with van der Waals surface area (Å²) in [6.45, 7) is 0. The van der Waals surface area contributed by atoms with Gasteiger partial charge in [0.25, 0.3) is 0 Å². The van der Waals surface area contributed by atoms with E-state index in [1.807, 2.05) is 0 Å². The van der Waals surface area contributed by atoms with Crippen LogP contribution in [0.25, 0.3) is 0 Å². The smallest absolute Gasteiger partial charge is 0.241 e. The minimum Gasteiger partial charge on any atom is -0.482 e. The zero-order valence-corrected chi connectivity index (χ0v) is 10.7. The summed E-state index contributed by atoms with van der Waals surface area (Å²) in [4.78, 5) is 21.4. The predicted molar refractivity (Wildman–Crippen MR) is 72.5 cm³/mol. The molecule has 6 heteroatoms. The van der Waals surface area contributed by atoms with Crippen LogP contribution in [0, 0.1) is 0 Å². The molecule has 1 atom stereocenters. The number of ether oxygens (including phenoxy) is 1. The molecule has 19 heavy (non-hydrogen) atoms. The highest BCUT2D eigenvalue weighted by Crippen LogP contribution is 2.18. The lowest BCUT2D eigenvalue weighted by Crippen LogP contribution is -2.15. The van der Waals surface area contributed by atoms with Crippen molar-refractivity contribution >= 4 is 23.4 Å². The summed E-state index contributed by atoms with van der Waals surface area (Å²) < 4.78 is 5.52. The third-order valence-corrected chi connectivity index (χ3v) is 2.20. The van der Waals surface area contributed by atoms with Crippen molar-refractivity contribution in [3.05, 3.63) is 53.6 Å². The van der Waals surface area contributed by atoms with Crippen LogP contribution in [-0.4, -0.2) is 17.9 Å². The molecule has 0 fully saturated rings. The third-order valence-electron chi connectivity index (χ3n) is 1.97. The van der Waals surface area contributed by atoms with Crippen molar-refractivity contribution in [2.24, 2.45) is 11.5 Å². The quantitative estimate of drug-likeness (QED) is 0.766. The van der Waals surface area contributed by atoms with Crippen LogP contribution in [0.3, 0.4) is 0 Å². The highest BCUT2D eigenvalue weighted by molar-refractivity contribution is 6.30. The summed E-state index contributed by atoms with van der Waals surface area (Å²) in [6.07, 6.45) is 4.44. The summed E-state index contributed by atoms with van der Waals surface area (Å²) >= 11 is 5.82. The second kappa shape index (κ2) is 7.23. The molecule has 1 aromatic rings. The highest BCUT2D eigenvalue weighted by atomic mass is 35.5. The first-order chi connectivity index (χ1) is 8.97. The molecule has 0 saturated heterocycles. The molecule has 5 nitrogen and oxygen atoms in total. The number of hydrogen-bond donors (Lipinski definition) is 2. The van der Waals surface area contributed by atoms with E-state index in [0.717, 1.165) is 12.2 Å². The van der Waals surface area contributed by atoms with Crippen LogP contribution in [-0.2, 0) is 9.59 Å². The number of hydrogen-bond acceptors (Lipinski definition) is 3. The minimum absolute atomic E-state index is 0.487. The molecule has 0 radical (unpaired) electrons. The van der Waals surface area contributed by atoms with Gasteiger partial charge in [-0.2, -0.15) is 0 Å². The lowest BCUT2D eigenvalue weighted by atomic mass is 10.2. The van der Waals surface area contributed by atoms with Gasteiger partial charge in [0, 0.05) is 17.2 Å². The normalized spacial score (nSPS) is 12.7. The second-order valence-electron chi connectivity index (χ2n) is 3.56. The molecular formula is C13H13ClN2O3. The standard InChI is InChI=1S/C13H13ClN2O3/c14-9-2-1-3-11(8-9)19-10(4-6-12(15)17)5-7-13(16)18/h1-8,10H,(H2,15,17)(H2,16,18)/b6-4-,7-5+. The Labute approximate surface area is 115 Å². The van der Waals surface area contributed by atoms with Crippen LogP contribution >= 0.6 is 11.6 Å². The first-order valence-electron chi connectivity index (χ1n) is 5.35. The van der Waals surface area contributed by atoms with Gasteiger partial charge in [0.15, 0.2) is 0 Å². The molecule has 0 heterocycles. The van der Waals surface area contributed by atoms with Gasteiger partial charge in [-0.15, -0.1) is 0 Å². The fraction of sp³-hybridized carbons (Fsp3) is 0.0769. The molecule has 0 saturated carbocycles. The molecule has 0 spiro atoms. The molecule has 0 aliphatic rings. The lowest BCUT2D eigenvalue weighted by Gasteiger charge is -2.11. The molecule has 0 aliphatic heterocycles. The summed E-state index contributed by atoms with van der Waals surface area (Å²) in [7, 11) is 0.